The zero-order valence-electron chi connectivity index (χ0n) is 15.2. The molecule has 4 heteroatoms. The zero-order chi connectivity index (χ0) is 15.8. The topological polar surface area (TPSA) is 21.8 Å². The molecule has 0 heterocycles. The SMILES string of the molecule is CCN(CC)NC(C)(C)C(N(CC)CC)N(CC)CC. The lowest BCUT2D eigenvalue weighted by Crippen LogP contribution is -2.67. The highest BCUT2D eigenvalue weighted by molar-refractivity contribution is 4.91. The molecule has 0 aromatic rings. The number of hydrogen-bond acceptors (Lipinski definition) is 4. The molecule has 0 aliphatic rings. The third-order valence-corrected chi connectivity index (χ3v) is 4.17. The summed E-state index contributed by atoms with van der Waals surface area (Å²) in [5.74, 6) is 0. The van der Waals surface area contributed by atoms with Crippen molar-refractivity contribution in [3.63, 3.8) is 0 Å². The van der Waals surface area contributed by atoms with E-state index in [4.69, 9.17) is 0 Å². The van der Waals surface area contributed by atoms with Crippen molar-refractivity contribution in [2.75, 3.05) is 39.3 Å². The molecule has 0 rings (SSSR count). The second-order valence-electron chi connectivity index (χ2n) is 5.82. The van der Waals surface area contributed by atoms with Crippen LogP contribution in [-0.2, 0) is 0 Å². The van der Waals surface area contributed by atoms with Gasteiger partial charge in [0.25, 0.3) is 0 Å². The summed E-state index contributed by atoms with van der Waals surface area (Å²) in [7, 11) is 0. The average molecular weight is 287 g/mol. The first-order chi connectivity index (χ1) is 9.41. The molecule has 0 saturated heterocycles. The monoisotopic (exact) mass is 286 g/mol. The van der Waals surface area contributed by atoms with Crippen LogP contribution in [0.15, 0.2) is 0 Å². The normalized spacial score (nSPS) is 13.2. The molecule has 0 aromatic carbocycles. The number of nitrogens with one attached hydrogen (secondary N) is 1. The Hall–Kier alpha value is -0.160. The Bertz CT molecular complexity index is 219. The molecule has 0 aliphatic heterocycles. The van der Waals surface area contributed by atoms with Gasteiger partial charge in [0.05, 0.1) is 11.7 Å². The number of nitrogens with zero attached hydrogens (tertiary/aromatic N) is 3. The van der Waals surface area contributed by atoms with Gasteiger partial charge in [-0.3, -0.25) is 9.80 Å². The molecule has 1 N–H and O–H groups in total. The molecule has 0 bridgehead atoms. The summed E-state index contributed by atoms with van der Waals surface area (Å²) in [5, 5.41) is 2.31. The van der Waals surface area contributed by atoms with Gasteiger partial charge in [0.15, 0.2) is 0 Å². The van der Waals surface area contributed by atoms with Gasteiger partial charge in [-0.05, 0) is 40.0 Å². The molecule has 0 spiro atoms. The van der Waals surface area contributed by atoms with E-state index < -0.39 is 0 Å². The van der Waals surface area contributed by atoms with E-state index in [1.807, 2.05) is 0 Å². The molecule has 0 radical (unpaired) electrons. The molecular formula is C16H38N4. The standard InChI is InChI=1S/C16H38N4/c1-9-18(10-2)15(19(11-3)12-4)16(7,8)17-20(13-5)14-6/h15,17H,9-14H2,1-8H3. The highest BCUT2D eigenvalue weighted by Crippen LogP contribution is 2.20. The van der Waals surface area contributed by atoms with E-state index in [9.17, 15) is 0 Å². The third kappa shape index (κ3) is 5.32. The van der Waals surface area contributed by atoms with Crippen molar-refractivity contribution in [3.05, 3.63) is 0 Å². The minimum atomic E-state index is 0.0179. The van der Waals surface area contributed by atoms with Crippen molar-refractivity contribution in [1.29, 1.82) is 0 Å². The predicted molar refractivity (Wildman–Crippen MR) is 89.8 cm³/mol. The third-order valence-electron chi connectivity index (χ3n) is 4.17. The lowest BCUT2D eigenvalue weighted by molar-refractivity contribution is -0.0356. The van der Waals surface area contributed by atoms with E-state index in [-0.39, 0.29) is 5.54 Å². The van der Waals surface area contributed by atoms with E-state index in [0.717, 1.165) is 39.3 Å². The molecule has 0 unspecified atom stereocenters. The molecule has 0 fully saturated rings. The predicted octanol–water partition coefficient (Wildman–Crippen LogP) is 2.62. The Balaban J connectivity index is 5.25. The van der Waals surface area contributed by atoms with Crippen molar-refractivity contribution in [2.45, 2.75) is 67.1 Å². The Labute approximate surface area is 127 Å². The van der Waals surface area contributed by atoms with Crippen LogP contribution in [-0.4, -0.2) is 65.8 Å². The molecule has 0 atom stereocenters. The Morgan fingerprint density at radius 3 is 1.30 bits per heavy atom. The fourth-order valence-electron chi connectivity index (χ4n) is 3.13. The van der Waals surface area contributed by atoms with E-state index >= 15 is 0 Å². The van der Waals surface area contributed by atoms with Gasteiger partial charge in [-0.2, -0.15) is 0 Å². The fourth-order valence-corrected chi connectivity index (χ4v) is 3.13. The van der Waals surface area contributed by atoms with E-state index in [2.05, 4.69) is 75.6 Å². The number of likely N-dealkylation sites (N-methyl/N-ethyl adjacent to an activating group) is 2. The van der Waals surface area contributed by atoms with E-state index in [1.165, 1.54) is 0 Å². The maximum atomic E-state index is 3.74. The summed E-state index contributed by atoms with van der Waals surface area (Å²) in [6.07, 6.45) is 0.410. The Morgan fingerprint density at radius 1 is 0.700 bits per heavy atom. The Kier molecular flexibility index (Phi) is 9.64. The lowest BCUT2D eigenvalue weighted by atomic mass is 9.98. The van der Waals surface area contributed by atoms with Crippen LogP contribution in [0.1, 0.15) is 55.4 Å². The van der Waals surface area contributed by atoms with Crippen molar-refractivity contribution in [2.24, 2.45) is 0 Å². The second-order valence-corrected chi connectivity index (χ2v) is 5.82. The van der Waals surface area contributed by atoms with Gasteiger partial charge in [-0.25, -0.2) is 10.4 Å². The Morgan fingerprint density at radius 2 is 1.05 bits per heavy atom. The van der Waals surface area contributed by atoms with Crippen LogP contribution < -0.4 is 5.43 Å². The van der Waals surface area contributed by atoms with Gasteiger partial charge in [-0.1, -0.05) is 41.5 Å². The molecule has 0 aliphatic carbocycles. The fraction of sp³-hybridized carbons (Fsp3) is 1.00. The second kappa shape index (κ2) is 9.72. The van der Waals surface area contributed by atoms with Crippen molar-refractivity contribution < 1.29 is 0 Å². The summed E-state index contributed by atoms with van der Waals surface area (Å²) in [6.45, 7) is 24.5. The highest BCUT2D eigenvalue weighted by Gasteiger charge is 2.37. The largest absolute Gasteiger partial charge is 0.287 e. The first-order valence-corrected chi connectivity index (χ1v) is 8.42. The van der Waals surface area contributed by atoms with Crippen LogP contribution in [0.5, 0.6) is 0 Å². The number of rotatable bonds is 11. The van der Waals surface area contributed by atoms with Crippen molar-refractivity contribution in [1.82, 2.24) is 20.2 Å². The lowest BCUT2D eigenvalue weighted by Gasteiger charge is -2.49. The summed E-state index contributed by atoms with van der Waals surface area (Å²) in [5.41, 5.74) is 3.76. The number of hydrazine groups is 1. The summed E-state index contributed by atoms with van der Waals surface area (Å²) in [6, 6.07) is 0. The first-order valence-electron chi connectivity index (χ1n) is 8.42. The van der Waals surface area contributed by atoms with Gasteiger partial charge < -0.3 is 0 Å². The van der Waals surface area contributed by atoms with Crippen LogP contribution in [0.2, 0.25) is 0 Å². The van der Waals surface area contributed by atoms with Gasteiger partial charge in [-0.15, -0.1) is 0 Å². The minimum absolute atomic E-state index is 0.0179. The van der Waals surface area contributed by atoms with Crippen LogP contribution in [0.4, 0.5) is 0 Å². The van der Waals surface area contributed by atoms with Crippen molar-refractivity contribution >= 4 is 0 Å². The summed E-state index contributed by atoms with van der Waals surface area (Å²) in [4.78, 5) is 5.12. The number of hydrogen-bond donors (Lipinski definition) is 1. The molecule has 0 amide bonds. The van der Waals surface area contributed by atoms with Crippen LogP contribution in [0, 0.1) is 0 Å². The van der Waals surface area contributed by atoms with Gasteiger partial charge in [0.2, 0.25) is 0 Å². The summed E-state index contributed by atoms with van der Waals surface area (Å²) < 4.78 is 0. The van der Waals surface area contributed by atoms with Gasteiger partial charge >= 0.3 is 0 Å². The minimum Gasteiger partial charge on any atom is -0.287 e. The van der Waals surface area contributed by atoms with Gasteiger partial charge in [0, 0.05) is 13.1 Å². The molecule has 4 nitrogen and oxygen atoms in total. The average Bonchev–Trinajstić information content (AvgIpc) is 2.45. The van der Waals surface area contributed by atoms with Crippen molar-refractivity contribution in [3.8, 4) is 0 Å². The quantitative estimate of drug-likeness (QED) is 0.465. The molecular weight excluding hydrogens is 248 g/mol. The first kappa shape index (κ1) is 19.8. The highest BCUT2D eigenvalue weighted by atomic mass is 15.5. The van der Waals surface area contributed by atoms with Crippen LogP contribution >= 0.6 is 0 Å². The molecule has 20 heavy (non-hydrogen) atoms. The smallest absolute Gasteiger partial charge is 0.0817 e. The molecule has 0 aromatic heterocycles. The maximum absolute atomic E-state index is 3.74. The molecule has 0 saturated carbocycles. The zero-order valence-corrected chi connectivity index (χ0v) is 15.2. The summed E-state index contributed by atoms with van der Waals surface area (Å²) >= 11 is 0. The van der Waals surface area contributed by atoms with Gasteiger partial charge in [0.1, 0.15) is 0 Å². The van der Waals surface area contributed by atoms with E-state index in [1.54, 1.807) is 0 Å². The molecule has 122 valence electrons. The van der Waals surface area contributed by atoms with E-state index in [0.29, 0.717) is 6.17 Å². The van der Waals surface area contributed by atoms with Crippen LogP contribution in [0.25, 0.3) is 0 Å². The van der Waals surface area contributed by atoms with Crippen LogP contribution in [0.3, 0.4) is 0 Å². The maximum Gasteiger partial charge on any atom is 0.0817 e.